The number of aromatic amines is 1. The lowest BCUT2D eigenvalue weighted by Crippen LogP contribution is -2.40. The Morgan fingerprint density at radius 2 is 2.15 bits per heavy atom. The molecule has 1 amide bonds. The van der Waals surface area contributed by atoms with E-state index in [9.17, 15) is 14.4 Å². The fraction of sp³-hybridized carbons (Fsp3) is 0.500. The van der Waals surface area contributed by atoms with Gasteiger partial charge < -0.3 is 14.6 Å². The molecule has 1 N–H and O–H groups in total. The maximum absolute atomic E-state index is 12.4. The van der Waals surface area contributed by atoms with Gasteiger partial charge in [-0.2, -0.15) is 0 Å². The molecule has 6 nitrogen and oxygen atoms in total. The van der Waals surface area contributed by atoms with Gasteiger partial charge in [0.1, 0.15) is 12.1 Å². The molecule has 20 heavy (non-hydrogen) atoms. The van der Waals surface area contributed by atoms with E-state index in [1.807, 2.05) is 0 Å². The van der Waals surface area contributed by atoms with Crippen molar-refractivity contribution < 1.29 is 14.3 Å². The van der Waals surface area contributed by atoms with Crippen LogP contribution in [0.4, 0.5) is 0 Å². The molecule has 0 radical (unpaired) electrons. The van der Waals surface area contributed by atoms with Crippen LogP contribution in [0.25, 0.3) is 0 Å². The summed E-state index contributed by atoms with van der Waals surface area (Å²) in [6.07, 6.45) is 3.12. The van der Waals surface area contributed by atoms with E-state index in [-0.39, 0.29) is 30.2 Å². The second kappa shape index (κ2) is 5.90. The Bertz CT molecular complexity index is 575. The molecule has 0 spiro atoms. The largest absolute Gasteiger partial charge is 0.465 e. The van der Waals surface area contributed by atoms with Crippen LogP contribution in [0.1, 0.15) is 35.8 Å². The Labute approximate surface area is 116 Å². The fourth-order valence-electron chi connectivity index (χ4n) is 1.99. The van der Waals surface area contributed by atoms with Gasteiger partial charge in [-0.3, -0.25) is 14.4 Å². The predicted molar refractivity (Wildman–Crippen MR) is 72.5 cm³/mol. The van der Waals surface area contributed by atoms with E-state index in [1.165, 1.54) is 17.2 Å². The second-order valence-corrected chi connectivity index (χ2v) is 4.86. The first-order valence-corrected chi connectivity index (χ1v) is 6.69. The lowest BCUT2D eigenvalue weighted by molar-refractivity contribution is -0.144. The van der Waals surface area contributed by atoms with Crippen molar-refractivity contribution >= 4 is 11.9 Å². The molecule has 0 atom stereocenters. The molecule has 0 saturated heterocycles. The molecule has 1 aliphatic rings. The van der Waals surface area contributed by atoms with Crippen molar-refractivity contribution in [3.8, 4) is 0 Å². The van der Waals surface area contributed by atoms with Gasteiger partial charge in [-0.05, 0) is 26.7 Å². The number of ether oxygens (including phenoxy) is 1. The van der Waals surface area contributed by atoms with Gasteiger partial charge in [0.05, 0.1) is 6.61 Å². The molecule has 1 aromatic rings. The van der Waals surface area contributed by atoms with Crippen LogP contribution in [-0.4, -0.2) is 41.0 Å². The van der Waals surface area contributed by atoms with E-state index in [0.717, 1.165) is 12.8 Å². The molecule has 0 aliphatic heterocycles. The summed E-state index contributed by atoms with van der Waals surface area (Å²) < 4.78 is 4.87. The summed E-state index contributed by atoms with van der Waals surface area (Å²) in [4.78, 5) is 40.1. The number of aromatic nitrogens is 1. The lowest BCUT2D eigenvalue weighted by atomic mass is 10.2. The van der Waals surface area contributed by atoms with Gasteiger partial charge in [0, 0.05) is 24.0 Å². The van der Waals surface area contributed by atoms with Crippen LogP contribution in [0.5, 0.6) is 0 Å². The number of carbonyl (C=O) groups is 2. The van der Waals surface area contributed by atoms with E-state index >= 15 is 0 Å². The highest BCUT2D eigenvalue weighted by molar-refractivity contribution is 5.96. The maximum atomic E-state index is 12.4. The smallest absolute Gasteiger partial charge is 0.325 e. The number of aryl methyl sites for hydroxylation is 1. The number of nitrogens with zero attached hydrogens (tertiary/aromatic N) is 1. The Kier molecular flexibility index (Phi) is 4.22. The topological polar surface area (TPSA) is 79.5 Å². The van der Waals surface area contributed by atoms with Crippen LogP contribution >= 0.6 is 0 Å². The minimum absolute atomic E-state index is 0.0348. The quantitative estimate of drug-likeness (QED) is 0.810. The first-order valence-electron chi connectivity index (χ1n) is 6.69. The molecule has 0 unspecified atom stereocenters. The molecule has 108 valence electrons. The Balaban J connectivity index is 2.18. The molecule has 6 heteroatoms. The summed E-state index contributed by atoms with van der Waals surface area (Å²) in [5.74, 6) is -0.863. The number of amides is 1. The fourth-order valence-corrected chi connectivity index (χ4v) is 1.99. The number of nitrogens with one attached hydrogen (secondary N) is 1. The zero-order valence-electron chi connectivity index (χ0n) is 11.6. The van der Waals surface area contributed by atoms with Gasteiger partial charge in [-0.25, -0.2) is 0 Å². The van der Waals surface area contributed by atoms with E-state index in [4.69, 9.17) is 4.74 Å². The van der Waals surface area contributed by atoms with Crippen molar-refractivity contribution in [3.05, 3.63) is 33.7 Å². The van der Waals surface area contributed by atoms with Crippen LogP contribution < -0.4 is 5.43 Å². The van der Waals surface area contributed by atoms with Crippen LogP contribution in [-0.2, 0) is 9.53 Å². The third kappa shape index (κ3) is 3.26. The molecule has 1 fully saturated rings. The summed E-state index contributed by atoms with van der Waals surface area (Å²) in [7, 11) is 0. The monoisotopic (exact) mass is 278 g/mol. The average molecular weight is 278 g/mol. The van der Waals surface area contributed by atoms with Crippen LogP contribution in [0.15, 0.2) is 17.1 Å². The minimum Gasteiger partial charge on any atom is -0.465 e. The summed E-state index contributed by atoms with van der Waals surface area (Å²) in [5, 5.41) is 0. The maximum Gasteiger partial charge on any atom is 0.325 e. The number of carbonyl (C=O) groups excluding carboxylic acids is 2. The minimum atomic E-state index is -0.448. The SMILES string of the molecule is CCOC(=O)CN(C(=O)c1c[nH]c(C)cc1=O)C1CC1. The van der Waals surface area contributed by atoms with Gasteiger partial charge in [-0.1, -0.05) is 0 Å². The molecule has 1 heterocycles. The molecule has 2 rings (SSSR count). The molecule has 1 aliphatic carbocycles. The Hall–Kier alpha value is -2.11. The number of pyridine rings is 1. The van der Waals surface area contributed by atoms with Gasteiger partial charge in [0.25, 0.3) is 5.91 Å². The number of rotatable bonds is 5. The summed E-state index contributed by atoms with van der Waals surface area (Å²) in [6, 6.07) is 1.41. The number of hydrogen-bond donors (Lipinski definition) is 1. The molecular weight excluding hydrogens is 260 g/mol. The third-order valence-electron chi connectivity index (χ3n) is 3.14. The Morgan fingerprint density at radius 1 is 1.45 bits per heavy atom. The van der Waals surface area contributed by atoms with Crippen molar-refractivity contribution in [3.63, 3.8) is 0 Å². The Morgan fingerprint density at radius 3 is 2.70 bits per heavy atom. The molecule has 1 aromatic heterocycles. The van der Waals surface area contributed by atoms with Gasteiger partial charge in [-0.15, -0.1) is 0 Å². The molecule has 0 bridgehead atoms. The molecule has 1 saturated carbocycles. The third-order valence-corrected chi connectivity index (χ3v) is 3.14. The zero-order valence-corrected chi connectivity index (χ0v) is 11.6. The van der Waals surface area contributed by atoms with Crippen molar-refractivity contribution in [2.75, 3.05) is 13.2 Å². The predicted octanol–water partition coefficient (Wildman–Crippen LogP) is 0.851. The zero-order chi connectivity index (χ0) is 14.7. The van der Waals surface area contributed by atoms with E-state index in [0.29, 0.717) is 5.69 Å². The van der Waals surface area contributed by atoms with Gasteiger partial charge >= 0.3 is 5.97 Å². The van der Waals surface area contributed by atoms with E-state index in [1.54, 1.807) is 13.8 Å². The number of hydrogen-bond acceptors (Lipinski definition) is 4. The highest BCUT2D eigenvalue weighted by Gasteiger charge is 2.35. The van der Waals surface area contributed by atoms with Crippen molar-refractivity contribution in [1.29, 1.82) is 0 Å². The van der Waals surface area contributed by atoms with Gasteiger partial charge in [0.15, 0.2) is 5.43 Å². The van der Waals surface area contributed by atoms with Crippen LogP contribution in [0, 0.1) is 6.92 Å². The molecule has 0 aromatic carbocycles. The number of esters is 1. The summed E-state index contributed by atoms with van der Waals surface area (Å²) in [6.45, 7) is 3.63. The summed E-state index contributed by atoms with van der Waals surface area (Å²) in [5.41, 5.74) is 0.419. The van der Waals surface area contributed by atoms with Crippen molar-refractivity contribution in [2.45, 2.75) is 32.7 Å². The van der Waals surface area contributed by atoms with Crippen LogP contribution in [0.3, 0.4) is 0 Å². The first-order chi connectivity index (χ1) is 9.52. The van der Waals surface area contributed by atoms with Crippen LogP contribution in [0.2, 0.25) is 0 Å². The van der Waals surface area contributed by atoms with E-state index < -0.39 is 11.9 Å². The van der Waals surface area contributed by atoms with Gasteiger partial charge in [0.2, 0.25) is 0 Å². The number of H-pyrrole nitrogens is 1. The summed E-state index contributed by atoms with van der Waals surface area (Å²) >= 11 is 0. The normalized spacial score (nSPS) is 13.9. The average Bonchev–Trinajstić information content (AvgIpc) is 3.20. The first kappa shape index (κ1) is 14.3. The van der Waals surface area contributed by atoms with Crippen molar-refractivity contribution in [1.82, 2.24) is 9.88 Å². The molecular formula is C14H18N2O4. The van der Waals surface area contributed by atoms with Crippen molar-refractivity contribution in [2.24, 2.45) is 0 Å². The standard InChI is InChI=1S/C14H18N2O4/c1-3-20-13(18)8-16(10-4-5-10)14(19)11-7-15-9(2)6-12(11)17/h6-7,10H,3-5,8H2,1-2H3,(H,15,17). The highest BCUT2D eigenvalue weighted by Crippen LogP contribution is 2.27. The van der Waals surface area contributed by atoms with E-state index in [2.05, 4.69) is 4.98 Å². The lowest BCUT2D eigenvalue weighted by Gasteiger charge is -2.21. The second-order valence-electron chi connectivity index (χ2n) is 4.86. The highest BCUT2D eigenvalue weighted by atomic mass is 16.5.